The molecule has 0 aliphatic heterocycles. The van der Waals surface area contributed by atoms with E-state index >= 15 is 0 Å². The monoisotopic (exact) mass is 186 g/mol. The third kappa shape index (κ3) is 3.36. The molecule has 0 radical (unpaired) electrons. The van der Waals surface area contributed by atoms with Crippen LogP contribution in [0.2, 0.25) is 0 Å². The van der Waals surface area contributed by atoms with Gasteiger partial charge in [0, 0.05) is 0 Å². The second-order valence-corrected chi connectivity index (χ2v) is 1.99. The zero-order valence-corrected chi connectivity index (χ0v) is 6.11. The number of hydrogen-bond acceptors (Lipinski definition) is 2. The third-order valence-electron chi connectivity index (χ3n) is 0.966. The second kappa shape index (κ2) is 3.55. The van der Waals surface area contributed by atoms with E-state index in [1.807, 2.05) is 0 Å². The molecule has 0 fully saturated rings. The van der Waals surface area contributed by atoms with E-state index < -0.39 is 24.1 Å². The van der Waals surface area contributed by atoms with Gasteiger partial charge in [-0.25, -0.2) is 4.79 Å². The van der Waals surface area contributed by atoms with E-state index in [4.69, 9.17) is 0 Å². The fourth-order valence-corrected chi connectivity index (χ4v) is 0.291. The van der Waals surface area contributed by atoms with Crippen LogP contribution in [0.1, 0.15) is 6.92 Å². The van der Waals surface area contributed by atoms with Gasteiger partial charge < -0.3 is 4.74 Å². The van der Waals surface area contributed by atoms with Gasteiger partial charge in [-0.1, -0.05) is 6.58 Å². The van der Waals surface area contributed by atoms with Crippen molar-refractivity contribution in [3.05, 3.63) is 12.4 Å². The van der Waals surface area contributed by atoms with Crippen molar-refractivity contribution in [1.82, 2.24) is 0 Å². The van der Waals surface area contributed by atoms with Crippen molar-refractivity contribution in [2.75, 3.05) is 0 Å². The van der Waals surface area contributed by atoms with Crippen LogP contribution in [0.3, 0.4) is 0 Å². The van der Waals surface area contributed by atoms with Gasteiger partial charge in [0.2, 0.25) is 5.83 Å². The lowest BCUT2D eigenvalue weighted by molar-refractivity contribution is -0.214. The van der Waals surface area contributed by atoms with Gasteiger partial charge in [0.15, 0.2) is 6.10 Å². The van der Waals surface area contributed by atoms with E-state index in [1.165, 1.54) is 0 Å². The molecule has 0 aliphatic carbocycles. The molecule has 0 heterocycles. The van der Waals surface area contributed by atoms with Crippen molar-refractivity contribution in [2.24, 2.45) is 0 Å². The van der Waals surface area contributed by atoms with Gasteiger partial charge in [-0.2, -0.15) is 17.6 Å². The summed E-state index contributed by atoms with van der Waals surface area (Å²) in [6, 6.07) is 0. The Labute approximate surface area is 65.8 Å². The highest BCUT2D eigenvalue weighted by atomic mass is 19.4. The molecule has 0 N–H and O–H groups in total. The normalized spacial score (nSPS) is 13.8. The van der Waals surface area contributed by atoms with E-state index in [0.29, 0.717) is 6.92 Å². The first-order valence-corrected chi connectivity index (χ1v) is 2.87. The molecule has 0 aliphatic rings. The molecule has 6 heteroatoms. The van der Waals surface area contributed by atoms with Crippen LogP contribution >= 0.6 is 0 Å². The van der Waals surface area contributed by atoms with Gasteiger partial charge in [0.05, 0.1) is 0 Å². The molecule has 12 heavy (non-hydrogen) atoms. The van der Waals surface area contributed by atoms with E-state index in [-0.39, 0.29) is 0 Å². The summed E-state index contributed by atoms with van der Waals surface area (Å²) in [5, 5.41) is 0. The van der Waals surface area contributed by atoms with Gasteiger partial charge in [-0.05, 0) is 6.92 Å². The highest BCUT2D eigenvalue weighted by molar-refractivity contribution is 5.85. The number of carbonyl (C=O) groups excluding carboxylic acids is 1. The number of halogens is 4. The van der Waals surface area contributed by atoms with Gasteiger partial charge in [-0.3, -0.25) is 0 Å². The lowest BCUT2D eigenvalue weighted by Crippen LogP contribution is -2.30. The van der Waals surface area contributed by atoms with Crippen LogP contribution in [-0.2, 0) is 9.53 Å². The molecule has 0 aromatic rings. The summed E-state index contributed by atoms with van der Waals surface area (Å²) < 4.78 is 50.4. The lowest BCUT2D eigenvalue weighted by atomic mass is 10.4. The van der Waals surface area contributed by atoms with Crippen molar-refractivity contribution in [3.8, 4) is 0 Å². The molecule has 0 saturated carbocycles. The van der Waals surface area contributed by atoms with Crippen molar-refractivity contribution < 1.29 is 27.1 Å². The quantitative estimate of drug-likeness (QED) is 0.374. The Morgan fingerprint density at radius 2 is 1.92 bits per heavy atom. The van der Waals surface area contributed by atoms with Crippen molar-refractivity contribution in [2.45, 2.75) is 19.2 Å². The summed E-state index contributed by atoms with van der Waals surface area (Å²) >= 11 is 0. The van der Waals surface area contributed by atoms with Crippen LogP contribution < -0.4 is 0 Å². The smallest absolute Gasteiger partial charge is 0.425 e. The molecule has 1 unspecified atom stereocenters. The average Bonchev–Trinajstić information content (AvgIpc) is 1.85. The Hall–Kier alpha value is -1.07. The lowest BCUT2D eigenvalue weighted by Gasteiger charge is -2.15. The Morgan fingerprint density at radius 3 is 2.17 bits per heavy atom. The summed E-state index contributed by atoms with van der Waals surface area (Å²) in [4.78, 5) is 10.2. The van der Waals surface area contributed by atoms with Crippen LogP contribution in [0.5, 0.6) is 0 Å². The first-order valence-electron chi connectivity index (χ1n) is 2.87. The Morgan fingerprint density at radius 1 is 1.50 bits per heavy atom. The fourth-order valence-electron chi connectivity index (χ4n) is 0.291. The molecule has 70 valence electrons. The minimum atomic E-state index is -4.68. The number of alkyl halides is 3. The number of rotatable bonds is 2. The van der Waals surface area contributed by atoms with E-state index in [9.17, 15) is 22.4 Å². The largest absolute Gasteiger partial charge is 0.448 e. The Kier molecular flexibility index (Phi) is 3.24. The summed E-state index contributed by atoms with van der Waals surface area (Å²) in [6.45, 7) is 3.08. The van der Waals surface area contributed by atoms with Gasteiger partial charge in [0.1, 0.15) is 0 Å². The molecule has 0 amide bonds. The Balaban J connectivity index is 4.11. The van der Waals surface area contributed by atoms with Crippen LogP contribution in [0.25, 0.3) is 0 Å². The maximum Gasteiger partial charge on any atom is 0.425 e. The fraction of sp³-hybridized carbons (Fsp3) is 0.500. The van der Waals surface area contributed by atoms with E-state index in [2.05, 4.69) is 11.3 Å². The van der Waals surface area contributed by atoms with Crippen molar-refractivity contribution in [3.63, 3.8) is 0 Å². The SMILES string of the molecule is C=C(F)C(=O)OC(C)C(F)(F)F. The van der Waals surface area contributed by atoms with Gasteiger partial charge in [-0.15, -0.1) is 0 Å². The molecular weight excluding hydrogens is 180 g/mol. The number of carbonyl (C=O) groups is 1. The molecule has 0 spiro atoms. The molecule has 2 nitrogen and oxygen atoms in total. The van der Waals surface area contributed by atoms with Gasteiger partial charge >= 0.3 is 12.1 Å². The second-order valence-electron chi connectivity index (χ2n) is 1.99. The molecule has 0 bridgehead atoms. The predicted molar refractivity (Wildman–Crippen MR) is 31.9 cm³/mol. The third-order valence-corrected chi connectivity index (χ3v) is 0.966. The average molecular weight is 186 g/mol. The molecule has 0 aromatic carbocycles. The molecular formula is C6H6F4O2. The van der Waals surface area contributed by atoms with Crippen LogP contribution in [-0.4, -0.2) is 18.2 Å². The first-order chi connectivity index (χ1) is 5.25. The van der Waals surface area contributed by atoms with E-state index in [0.717, 1.165) is 0 Å². The Bertz CT molecular complexity index is 196. The maximum atomic E-state index is 11.8. The maximum absolute atomic E-state index is 11.8. The summed E-state index contributed by atoms with van der Waals surface area (Å²) in [5.41, 5.74) is 0. The summed E-state index contributed by atoms with van der Waals surface area (Å²) in [7, 11) is 0. The van der Waals surface area contributed by atoms with Crippen molar-refractivity contribution >= 4 is 5.97 Å². The number of esters is 1. The topological polar surface area (TPSA) is 26.3 Å². The van der Waals surface area contributed by atoms with Gasteiger partial charge in [0.25, 0.3) is 0 Å². The number of ether oxygens (including phenoxy) is 1. The zero-order chi connectivity index (χ0) is 9.94. The summed E-state index contributed by atoms with van der Waals surface area (Å²) in [6.07, 6.45) is -7.00. The summed E-state index contributed by atoms with van der Waals surface area (Å²) in [5.74, 6) is -3.24. The molecule has 0 saturated heterocycles. The van der Waals surface area contributed by atoms with Crippen LogP contribution in [0, 0.1) is 0 Å². The molecule has 0 aromatic heterocycles. The number of hydrogen-bond donors (Lipinski definition) is 0. The highest BCUT2D eigenvalue weighted by Gasteiger charge is 2.39. The minimum Gasteiger partial charge on any atom is -0.448 e. The molecule has 0 rings (SSSR count). The standard InChI is InChI=1S/C6H6F4O2/c1-3(7)5(11)12-4(2)6(8,9)10/h4H,1H2,2H3. The van der Waals surface area contributed by atoms with Crippen LogP contribution in [0.15, 0.2) is 12.4 Å². The zero-order valence-electron chi connectivity index (χ0n) is 6.11. The van der Waals surface area contributed by atoms with Crippen LogP contribution in [0.4, 0.5) is 17.6 Å². The highest BCUT2D eigenvalue weighted by Crippen LogP contribution is 2.22. The predicted octanol–water partition coefficient (Wildman–Crippen LogP) is 1.96. The van der Waals surface area contributed by atoms with E-state index in [1.54, 1.807) is 0 Å². The first kappa shape index (κ1) is 10.9. The minimum absolute atomic E-state index is 0.598. The molecule has 1 atom stereocenters. The van der Waals surface area contributed by atoms with Crippen molar-refractivity contribution in [1.29, 1.82) is 0 Å².